The molecule has 2 rings (SSSR count). The van der Waals surface area contributed by atoms with Crippen molar-refractivity contribution in [2.75, 3.05) is 6.61 Å². The summed E-state index contributed by atoms with van der Waals surface area (Å²) in [6.07, 6.45) is 2.38. The summed E-state index contributed by atoms with van der Waals surface area (Å²) in [7, 11) is 0. The molecule has 0 unspecified atom stereocenters. The zero-order valence-corrected chi connectivity index (χ0v) is 7.77. The molecule has 0 bridgehead atoms. The smallest absolute Gasteiger partial charge is 0.341 e. The zero-order chi connectivity index (χ0) is 9.97. The molecule has 74 valence electrons. The Morgan fingerprint density at radius 3 is 2.79 bits per heavy atom. The highest BCUT2D eigenvalue weighted by Crippen LogP contribution is 2.44. The van der Waals surface area contributed by atoms with Gasteiger partial charge in [-0.15, -0.1) is 0 Å². The van der Waals surface area contributed by atoms with Crippen LogP contribution in [0.25, 0.3) is 0 Å². The zero-order valence-electron chi connectivity index (χ0n) is 7.77. The van der Waals surface area contributed by atoms with Crippen LogP contribution in [0.3, 0.4) is 0 Å². The van der Waals surface area contributed by atoms with E-state index in [0.717, 1.165) is 11.3 Å². The second-order valence-corrected chi connectivity index (χ2v) is 3.49. The van der Waals surface area contributed by atoms with E-state index >= 15 is 0 Å². The molecule has 1 aromatic rings. The quantitative estimate of drug-likeness (QED) is 0.793. The fraction of sp³-hybridized carbons (Fsp3) is 0.364. The molecule has 0 radical (unpaired) electrons. The molecule has 0 heterocycles. The summed E-state index contributed by atoms with van der Waals surface area (Å²) in [5.74, 6) is 0.369. The molecule has 1 saturated carbocycles. The van der Waals surface area contributed by atoms with Crippen molar-refractivity contribution in [3.63, 3.8) is 0 Å². The lowest BCUT2D eigenvalue weighted by Crippen LogP contribution is -2.10. The van der Waals surface area contributed by atoms with Gasteiger partial charge in [-0.3, -0.25) is 0 Å². The predicted molar refractivity (Wildman–Crippen MR) is 51.5 cm³/mol. The van der Waals surface area contributed by atoms with Crippen LogP contribution in [0, 0.1) is 0 Å². The van der Waals surface area contributed by atoms with Crippen molar-refractivity contribution >= 4 is 5.97 Å². The lowest BCUT2D eigenvalue weighted by molar-refractivity contribution is -0.139. The van der Waals surface area contributed by atoms with Gasteiger partial charge in [0.2, 0.25) is 0 Å². The Labute approximate surface area is 82.3 Å². The summed E-state index contributed by atoms with van der Waals surface area (Å²) in [6.45, 7) is -0.260. The van der Waals surface area contributed by atoms with Crippen molar-refractivity contribution in [3.05, 3.63) is 29.8 Å². The summed E-state index contributed by atoms with van der Waals surface area (Å²) in [4.78, 5) is 10.3. The van der Waals surface area contributed by atoms with Gasteiger partial charge >= 0.3 is 5.97 Å². The first kappa shape index (κ1) is 9.06. The van der Waals surface area contributed by atoms with E-state index in [4.69, 9.17) is 9.84 Å². The Morgan fingerprint density at radius 1 is 1.43 bits per heavy atom. The third-order valence-electron chi connectivity index (χ3n) is 2.29. The van der Waals surface area contributed by atoms with Gasteiger partial charge in [0, 0.05) is 0 Å². The Morgan fingerprint density at radius 2 is 2.14 bits per heavy atom. The standard InChI is InChI=1S/C11H12O3/c12-11(13)7-14-10-4-2-1-3-9(10)8-5-6-8/h1-4,8H,5-7H2,(H,12,13). The average Bonchev–Trinajstić information content (AvgIpc) is 2.98. The number of carboxylic acids is 1. The molecule has 0 aromatic heterocycles. The average molecular weight is 192 g/mol. The van der Waals surface area contributed by atoms with Crippen molar-refractivity contribution in [3.8, 4) is 5.75 Å². The number of ether oxygens (including phenoxy) is 1. The van der Waals surface area contributed by atoms with Crippen molar-refractivity contribution in [2.45, 2.75) is 18.8 Å². The van der Waals surface area contributed by atoms with Crippen molar-refractivity contribution in [1.29, 1.82) is 0 Å². The normalized spacial score (nSPS) is 15.1. The number of carbonyl (C=O) groups is 1. The molecule has 1 aliphatic carbocycles. The van der Waals surface area contributed by atoms with Gasteiger partial charge in [-0.25, -0.2) is 4.79 Å². The minimum absolute atomic E-state index is 0.260. The highest BCUT2D eigenvalue weighted by atomic mass is 16.5. The van der Waals surface area contributed by atoms with E-state index in [9.17, 15) is 4.79 Å². The van der Waals surface area contributed by atoms with Crippen LogP contribution in [0.2, 0.25) is 0 Å². The second-order valence-electron chi connectivity index (χ2n) is 3.49. The van der Waals surface area contributed by atoms with Crippen LogP contribution in [0.4, 0.5) is 0 Å². The second kappa shape index (κ2) is 3.70. The lowest BCUT2D eigenvalue weighted by atomic mass is 10.1. The van der Waals surface area contributed by atoms with Crippen LogP contribution in [-0.2, 0) is 4.79 Å². The minimum atomic E-state index is -0.935. The van der Waals surface area contributed by atoms with Crippen molar-refractivity contribution < 1.29 is 14.6 Å². The molecule has 1 aromatic carbocycles. The first-order chi connectivity index (χ1) is 6.77. The predicted octanol–water partition coefficient (Wildman–Crippen LogP) is 2.03. The molecule has 0 spiro atoms. The topological polar surface area (TPSA) is 46.5 Å². The molecule has 0 aliphatic heterocycles. The molecule has 1 fully saturated rings. The van der Waals surface area contributed by atoms with Gasteiger partial charge in [-0.1, -0.05) is 18.2 Å². The number of carboxylic acid groups (broad SMARTS) is 1. The molecule has 3 heteroatoms. The number of para-hydroxylation sites is 1. The van der Waals surface area contributed by atoms with Crippen molar-refractivity contribution in [2.24, 2.45) is 0 Å². The number of hydrogen-bond donors (Lipinski definition) is 1. The molecule has 0 atom stereocenters. The fourth-order valence-corrected chi connectivity index (χ4v) is 1.48. The van der Waals surface area contributed by atoms with Gasteiger partial charge in [0.15, 0.2) is 6.61 Å². The summed E-state index contributed by atoms with van der Waals surface area (Å²) in [5, 5.41) is 8.49. The van der Waals surface area contributed by atoms with E-state index in [1.165, 1.54) is 12.8 Å². The SMILES string of the molecule is O=C(O)COc1ccccc1C1CC1. The van der Waals surface area contributed by atoms with E-state index in [-0.39, 0.29) is 6.61 Å². The van der Waals surface area contributed by atoms with E-state index in [1.807, 2.05) is 24.3 Å². The maximum absolute atomic E-state index is 10.3. The van der Waals surface area contributed by atoms with Gasteiger partial charge in [-0.2, -0.15) is 0 Å². The van der Waals surface area contributed by atoms with E-state index in [2.05, 4.69) is 0 Å². The number of hydrogen-bond acceptors (Lipinski definition) is 2. The fourth-order valence-electron chi connectivity index (χ4n) is 1.48. The molecule has 0 saturated heterocycles. The Bertz CT molecular complexity index is 342. The van der Waals surface area contributed by atoms with Crippen LogP contribution in [0.5, 0.6) is 5.75 Å². The van der Waals surface area contributed by atoms with Gasteiger partial charge < -0.3 is 9.84 Å². The van der Waals surface area contributed by atoms with Gasteiger partial charge in [0.25, 0.3) is 0 Å². The van der Waals surface area contributed by atoms with Crippen LogP contribution < -0.4 is 4.74 Å². The molecular weight excluding hydrogens is 180 g/mol. The van der Waals surface area contributed by atoms with E-state index in [1.54, 1.807) is 0 Å². The molecule has 1 N–H and O–H groups in total. The summed E-state index contributed by atoms with van der Waals surface area (Å²) in [6, 6.07) is 7.66. The van der Waals surface area contributed by atoms with E-state index < -0.39 is 5.97 Å². The van der Waals surface area contributed by atoms with E-state index in [0.29, 0.717) is 5.92 Å². The van der Waals surface area contributed by atoms with Crippen LogP contribution in [0.1, 0.15) is 24.3 Å². The highest BCUT2D eigenvalue weighted by molar-refractivity contribution is 5.68. The third kappa shape index (κ3) is 2.05. The van der Waals surface area contributed by atoms with Gasteiger partial charge in [0.1, 0.15) is 5.75 Å². The molecule has 3 nitrogen and oxygen atoms in total. The summed E-state index contributed by atoms with van der Waals surface area (Å²) >= 11 is 0. The van der Waals surface area contributed by atoms with Crippen LogP contribution >= 0.6 is 0 Å². The van der Waals surface area contributed by atoms with Crippen molar-refractivity contribution in [1.82, 2.24) is 0 Å². The van der Waals surface area contributed by atoms with Gasteiger partial charge in [0.05, 0.1) is 0 Å². The Hall–Kier alpha value is -1.51. The molecule has 1 aliphatic rings. The van der Waals surface area contributed by atoms with Crippen LogP contribution in [0.15, 0.2) is 24.3 Å². The molecule has 0 amide bonds. The minimum Gasteiger partial charge on any atom is -0.482 e. The first-order valence-electron chi connectivity index (χ1n) is 4.71. The summed E-state index contributed by atoms with van der Waals surface area (Å²) in [5.41, 5.74) is 1.15. The largest absolute Gasteiger partial charge is 0.482 e. The molecule has 14 heavy (non-hydrogen) atoms. The third-order valence-corrected chi connectivity index (χ3v) is 2.29. The monoisotopic (exact) mass is 192 g/mol. The maximum atomic E-state index is 10.3. The number of aliphatic carboxylic acids is 1. The molecular formula is C11H12O3. The summed E-state index contributed by atoms with van der Waals surface area (Å²) < 4.78 is 5.20. The Kier molecular flexibility index (Phi) is 2.39. The lowest BCUT2D eigenvalue weighted by Gasteiger charge is -2.08. The number of benzene rings is 1. The van der Waals surface area contributed by atoms with Crippen LogP contribution in [-0.4, -0.2) is 17.7 Å². The maximum Gasteiger partial charge on any atom is 0.341 e. The Balaban J connectivity index is 2.10. The first-order valence-corrected chi connectivity index (χ1v) is 4.71. The number of rotatable bonds is 4. The van der Waals surface area contributed by atoms with Gasteiger partial charge in [-0.05, 0) is 30.4 Å². The highest BCUT2D eigenvalue weighted by Gasteiger charge is 2.26.